The van der Waals surface area contributed by atoms with Gasteiger partial charge in [-0.25, -0.2) is 18.7 Å². The first-order valence-electron chi connectivity index (χ1n) is 9.79. The largest absolute Gasteiger partial charge is 0.345 e. The van der Waals surface area contributed by atoms with Crippen LogP contribution in [-0.2, 0) is 17.6 Å². The fourth-order valence-electron chi connectivity index (χ4n) is 3.58. The highest BCUT2D eigenvalue weighted by atomic mass is 32.1. The number of halogens is 2. The molecule has 5 nitrogen and oxygen atoms in total. The van der Waals surface area contributed by atoms with E-state index in [1.54, 1.807) is 6.33 Å². The number of nitrogens with zero attached hydrogens (tertiary/aromatic N) is 2. The van der Waals surface area contributed by atoms with Gasteiger partial charge in [0.15, 0.2) is 0 Å². The Balaban J connectivity index is 0.000000180. The highest BCUT2D eigenvalue weighted by Crippen LogP contribution is 2.38. The van der Waals surface area contributed by atoms with Gasteiger partial charge < -0.3 is 10.3 Å². The average Bonchev–Trinajstić information content (AvgIpc) is 3.39. The number of carbonyl (C=O) groups excluding carboxylic acids is 1. The number of rotatable bonds is 3. The third-order valence-corrected chi connectivity index (χ3v) is 6.04. The van der Waals surface area contributed by atoms with Crippen LogP contribution >= 0.6 is 11.3 Å². The molecule has 0 spiro atoms. The summed E-state index contributed by atoms with van der Waals surface area (Å²) in [5.41, 5.74) is 5.92. The number of amides is 1. The Bertz CT molecular complexity index is 1180. The SMILES string of the molecule is Cc1nc2c(s1)-c1cc(-c3cnc[nH]3)ccc1CCC2.O=CNc1c(F)cccc1F. The molecule has 0 aliphatic heterocycles. The molecule has 0 saturated carbocycles. The van der Waals surface area contributed by atoms with E-state index in [2.05, 4.69) is 35.1 Å². The van der Waals surface area contributed by atoms with Crippen molar-refractivity contribution in [3.63, 3.8) is 0 Å². The second kappa shape index (κ2) is 9.18. The zero-order chi connectivity index (χ0) is 21.8. The number of para-hydroxylation sites is 1. The first-order chi connectivity index (χ1) is 15.1. The summed E-state index contributed by atoms with van der Waals surface area (Å²) >= 11 is 1.82. The van der Waals surface area contributed by atoms with Gasteiger partial charge >= 0.3 is 0 Å². The van der Waals surface area contributed by atoms with Crippen molar-refractivity contribution in [2.75, 3.05) is 5.32 Å². The van der Waals surface area contributed by atoms with Gasteiger partial charge in [0.05, 0.1) is 33.8 Å². The third-order valence-electron chi connectivity index (χ3n) is 4.99. The van der Waals surface area contributed by atoms with Crippen LogP contribution in [0.15, 0.2) is 48.9 Å². The molecule has 2 N–H and O–H groups in total. The van der Waals surface area contributed by atoms with E-state index in [-0.39, 0.29) is 6.41 Å². The standard InChI is InChI=1S/C16H15N3S.C7H5F2NO/c1-10-19-14-4-2-3-11-5-6-12(15-8-17-9-18-15)7-13(11)16(14)20-10;8-5-2-1-3-6(9)7(5)10-4-11/h5-9H,2-4H2,1H3,(H,17,18);1-4H,(H,10,11). The monoisotopic (exact) mass is 438 g/mol. The van der Waals surface area contributed by atoms with Crippen molar-refractivity contribution in [3.05, 3.63) is 76.8 Å². The summed E-state index contributed by atoms with van der Waals surface area (Å²) in [6.45, 7) is 2.09. The Labute approximate surface area is 182 Å². The van der Waals surface area contributed by atoms with Crippen molar-refractivity contribution in [1.29, 1.82) is 0 Å². The Morgan fingerprint density at radius 3 is 2.68 bits per heavy atom. The van der Waals surface area contributed by atoms with Crippen molar-refractivity contribution < 1.29 is 13.6 Å². The molecule has 2 aromatic heterocycles. The Morgan fingerprint density at radius 1 is 1.16 bits per heavy atom. The maximum atomic E-state index is 12.6. The van der Waals surface area contributed by atoms with Gasteiger partial charge in [0.2, 0.25) is 6.41 Å². The van der Waals surface area contributed by atoms with Crippen molar-refractivity contribution in [2.45, 2.75) is 26.2 Å². The van der Waals surface area contributed by atoms with Crippen LogP contribution in [-0.4, -0.2) is 21.4 Å². The summed E-state index contributed by atoms with van der Waals surface area (Å²) in [4.78, 5) is 23.2. The van der Waals surface area contributed by atoms with E-state index in [1.165, 1.54) is 39.7 Å². The molecule has 5 rings (SSSR count). The zero-order valence-electron chi connectivity index (χ0n) is 16.8. The number of aryl methyl sites for hydroxylation is 3. The number of aromatic amines is 1. The first kappa shape index (κ1) is 20.9. The number of imidazole rings is 1. The van der Waals surface area contributed by atoms with E-state index in [0.717, 1.165) is 35.7 Å². The van der Waals surface area contributed by atoms with Crippen molar-refractivity contribution >= 4 is 23.4 Å². The quantitative estimate of drug-likeness (QED) is 0.413. The highest BCUT2D eigenvalue weighted by Gasteiger charge is 2.19. The molecule has 2 aromatic carbocycles. The summed E-state index contributed by atoms with van der Waals surface area (Å²) < 4.78 is 25.2. The van der Waals surface area contributed by atoms with Crippen LogP contribution in [0.4, 0.5) is 14.5 Å². The predicted molar refractivity (Wildman–Crippen MR) is 118 cm³/mol. The molecule has 0 fully saturated rings. The van der Waals surface area contributed by atoms with Crippen molar-refractivity contribution in [1.82, 2.24) is 15.0 Å². The topological polar surface area (TPSA) is 70.7 Å². The number of carbonyl (C=O) groups is 1. The number of aromatic nitrogens is 3. The predicted octanol–water partition coefficient (Wildman–Crippen LogP) is 5.53. The van der Waals surface area contributed by atoms with Gasteiger partial charge in [0.1, 0.15) is 17.3 Å². The molecule has 31 heavy (non-hydrogen) atoms. The lowest BCUT2D eigenvalue weighted by Gasteiger charge is -2.08. The molecule has 158 valence electrons. The molecule has 0 radical (unpaired) electrons. The normalized spacial score (nSPS) is 12.1. The summed E-state index contributed by atoms with van der Waals surface area (Å²) in [7, 11) is 0. The fraction of sp³-hybridized carbons (Fsp3) is 0.174. The van der Waals surface area contributed by atoms with Crippen LogP contribution in [0.1, 0.15) is 22.7 Å². The van der Waals surface area contributed by atoms with Gasteiger partial charge in [-0.15, -0.1) is 11.3 Å². The molecular formula is C23H20F2N4OS. The molecular weight excluding hydrogens is 418 g/mol. The van der Waals surface area contributed by atoms with Gasteiger partial charge in [0.25, 0.3) is 0 Å². The number of anilines is 1. The van der Waals surface area contributed by atoms with Crippen molar-refractivity contribution in [3.8, 4) is 21.7 Å². The molecule has 4 aromatic rings. The summed E-state index contributed by atoms with van der Waals surface area (Å²) in [6, 6.07) is 10.1. The highest BCUT2D eigenvalue weighted by molar-refractivity contribution is 7.15. The van der Waals surface area contributed by atoms with Crippen LogP contribution in [0.25, 0.3) is 21.7 Å². The number of benzene rings is 2. The second-order valence-electron chi connectivity index (χ2n) is 7.06. The molecule has 0 unspecified atom stereocenters. The van der Waals surface area contributed by atoms with Crippen molar-refractivity contribution in [2.24, 2.45) is 0 Å². The molecule has 0 bridgehead atoms. The van der Waals surface area contributed by atoms with E-state index in [1.807, 2.05) is 22.9 Å². The average molecular weight is 439 g/mol. The molecule has 0 atom stereocenters. The van der Waals surface area contributed by atoms with E-state index in [4.69, 9.17) is 4.98 Å². The van der Waals surface area contributed by atoms with E-state index >= 15 is 0 Å². The summed E-state index contributed by atoms with van der Waals surface area (Å²) in [5, 5.41) is 3.08. The molecule has 1 amide bonds. The van der Waals surface area contributed by atoms with Gasteiger partial charge in [-0.3, -0.25) is 4.79 Å². The summed E-state index contributed by atoms with van der Waals surface area (Å²) in [5.74, 6) is -1.56. The lowest BCUT2D eigenvalue weighted by molar-refractivity contribution is -0.105. The van der Waals surface area contributed by atoms with Crippen LogP contribution in [0, 0.1) is 18.6 Å². The van der Waals surface area contributed by atoms with Crippen LogP contribution in [0.5, 0.6) is 0 Å². The number of hydrogen-bond acceptors (Lipinski definition) is 4. The molecule has 1 aliphatic carbocycles. The van der Waals surface area contributed by atoms with Gasteiger partial charge in [0, 0.05) is 5.56 Å². The van der Waals surface area contributed by atoms with E-state index in [0.29, 0.717) is 0 Å². The Morgan fingerprint density at radius 2 is 1.97 bits per heavy atom. The maximum Gasteiger partial charge on any atom is 0.211 e. The van der Waals surface area contributed by atoms with Crippen LogP contribution in [0.3, 0.4) is 0 Å². The maximum absolute atomic E-state index is 12.6. The Hall–Kier alpha value is -3.39. The molecule has 2 heterocycles. The van der Waals surface area contributed by atoms with E-state index < -0.39 is 17.3 Å². The smallest absolute Gasteiger partial charge is 0.211 e. The second-order valence-corrected chi connectivity index (χ2v) is 8.26. The van der Waals surface area contributed by atoms with Gasteiger partial charge in [-0.2, -0.15) is 0 Å². The first-order valence-corrected chi connectivity index (χ1v) is 10.6. The number of thiazole rings is 1. The minimum absolute atomic E-state index is 0.224. The minimum atomic E-state index is -0.780. The number of nitrogens with one attached hydrogen (secondary N) is 2. The Kier molecular flexibility index (Phi) is 6.18. The van der Waals surface area contributed by atoms with Gasteiger partial charge in [-0.05, 0) is 55.5 Å². The number of hydrogen-bond donors (Lipinski definition) is 2. The fourth-order valence-corrected chi connectivity index (χ4v) is 4.59. The zero-order valence-corrected chi connectivity index (χ0v) is 17.6. The van der Waals surface area contributed by atoms with Crippen LogP contribution < -0.4 is 5.32 Å². The lowest BCUT2D eigenvalue weighted by atomic mass is 10.00. The summed E-state index contributed by atoms with van der Waals surface area (Å²) in [6.07, 6.45) is 7.24. The number of H-pyrrole nitrogens is 1. The number of fused-ring (bicyclic) bond motifs is 3. The lowest BCUT2D eigenvalue weighted by Crippen LogP contribution is -1.99. The third kappa shape index (κ3) is 4.54. The minimum Gasteiger partial charge on any atom is -0.345 e. The van der Waals surface area contributed by atoms with Crippen LogP contribution in [0.2, 0.25) is 0 Å². The molecule has 8 heteroatoms. The van der Waals surface area contributed by atoms with Gasteiger partial charge in [-0.1, -0.05) is 18.2 Å². The van der Waals surface area contributed by atoms with E-state index in [9.17, 15) is 13.6 Å². The molecule has 0 saturated heterocycles. The molecule has 1 aliphatic rings.